The number of rotatable bonds is 1. The van der Waals surface area contributed by atoms with Crippen LogP contribution in [-0.2, 0) is 10.2 Å². The van der Waals surface area contributed by atoms with E-state index in [2.05, 4.69) is 15.6 Å². The third-order valence-corrected chi connectivity index (χ3v) is 5.36. The molecule has 1 aromatic heterocycles. The maximum atomic E-state index is 14.5. The molecule has 27 heavy (non-hydrogen) atoms. The van der Waals surface area contributed by atoms with Crippen LogP contribution in [0.1, 0.15) is 43.9 Å². The summed E-state index contributed by atoms with van der Waals surface area (Å²) in [4.78, 5) is 17.3. The molecule has 0 spiro atoms. The number of aromatic nitrogens is 1. The molecule has 0 unspecified atom stereocenters. The van der Waals surface area contributed by atoms with Crippen molar-refractivity contribution in [2.45, 2.75) is 38.1 Å². The smallest absolute Gasteiger partial charge is 0.250 e. The van der Waals surface area contributed by atoms with Crippen molar-refractivity contribution < 1.29 is 9.18 Å². The Morgan fingerprint density at radius 1 is 1.22 bits per heavy atom. The molecular formula is C21H19FN4O. The van der Waals surface area contributed by atoms with E-state index in [-0.39, 0.29) is 11.5 Å². The van der Waals surface area contributed by atoms with Gasteiger partial charge in [-0.1, -0.05) is 30.3 Å². The zero-order valence-electron chi connectivity index (χ0n) is 15.4. The highest BCUT2D eigenvalue weighted by molar-refractivity contribution is 6.01. The lowest BCUT2D eigenvalue weighted by atomic mass is 9.65. The summed E-state index contributed by atoms with van der Waals surface area (Å²) in [7, 11) is 0. The summed E-state index contributed by atoms with van der Waals surface area (Å²) >= 11 is 0. The lowest BCUT2D eigenvalue weighted by Gasteiger charge is -2.45. The van der Waals surface area contributed by atoms with Gasteiger partial charge in [0.2, 0.25) is 0 Å². The second kappa shape index (κ2) is 5.65. The molecule has 3 heterocycles. The molecule has 2 aliphatic rings. The van der Waals surface area contributed by atoms with Crippen molar-refractivity contribution >= 4 is 11.7 Å². The van der Waals surface area contributed by atoms with Crippen molar-refractivity contribution in [2.24, 2.45) is 0 Å². The van der Waals surface area contributed by atoms with E-state index < -0.39 is 16.8 Å². The molecule has 2 aromatic rings. The quantitative estimate of drug-likeness (QED) is 0.815. The topological polar surface area (TPSA) is 77.8 Å². The van der Waals surface area contributed by atoms with Crippen LogP contribution in [0.2, 0.25) is 0 Å². The Labute approximate surface area is 156 Å². The van der Waals surface area contributed by atoms with Gasteiger partial charge in [0, 0.05) is 23.2 Å². The predicted octanol–water partition coefficient (Wildman–Crippen LogP) is 3.38. The number of halogens is 1. The van der Waals surface area contributed by atoms with Gasteiger partial charge in [0.25, 0.3) is 5.91 Å². The Morgan fingerprint density at radius 2 is 1.93 bits per heavy atom. The van der Waals surface area contributed by atoms with Gasteiger partial charge < -0.3 is 10.6 Å². The Morgan fingerprint density at radius 3 is 2.59 bits per heavy atom. The van der Waals surface area contributed by atoms with Crippen molar-refractivity contribution in [1.82, 2.24) is 10.3 Å². The normalized spacial score (nSPS) is 22.9. The molecule has 0 bridgehead atoms. The molecule has 4 rings (SSSR count). The number of nitriles is 1. The summed E-state index contributed by atoms with van der Waals surface area (Å²) < 4.78 is 14.5. The highest BCUT2D eigenvalue weighted by atomic mass is 19.1. The molecule has 2 aliphatic heterocycles. The lowest BCUT2D eigenvalue weighted by molar-refractivity contribution is -0.120. The molecule has 1 aromatic carbocycles. The van der Waals surface area contributed by atoms with E-state index in [4.69, 9.17) is 0 Å². The zero-order valence-corrected chi connectivity index (χ0v) is 15.4. The predicted molar refractivity (Wildman–Crippen MR) is 99.3 cm³/mol. The number of pyridine rings is 1. The highest BCUT2D eigenvalue weighted by Gasteiger charge is 2.49. The summed E-state index contributed by atoms with van der Waals surface area (Å²) in [5.74, 6) is -0.497. The van der Waals surface area contributed by atoms with Crippen LogP contribution in [0.25, 0.3) is 0 Å². The molecule has 5 nitrogen and oxygen atoms in total. The van der Waals surface area contributed by atoms with Crippen LogP contribution < -0.4 is 10.6 Å². The van der Waals surface area contributed by atoms with Crippen molar-refractivity contribution in [3.05, 3.63) is 70.3 Å². The second-order valence-corrected chi connectivity index (χ2v) is 7.80. The van der Waals surface area contributed by atoms with Gasteiger partial charge in [-0.15, -0.1) is 0 Å². The van der Waals surface area contributed by atoms with Gasteiger partial charge in [-0.05, 0) is 26.3 Å². The van der Waals surface area contributed by atoms with Gasteiger partial charge in [0.05, 0.1) is 22.7 Å². The summed E-state index contributed by atoms with van der Waals surface area (Å²) in [5, 5.41) is 15.9. The molecule has 6 heteroatoms. The number of carbonyl (C=O) groups is 1. The van der Waals surface area contributed by atoms with E-state index in [0.717, 1.165) is 17.5 Å². The Bertz CT molecular complexity index is 1040. The first-order valence-electron chi connectivity index (χ1n) is 8.75. The maximum absolute atomic E-state index is 14.5. The van der Waals surface area contributed by atoms with Crippen LogP contribution >= 0.6 is 0 Å². The van der Waals surface area contributed by atoms with E-state index in [1.54, 1.807) is 0 Å². The van der Waals surface area contributed by atoms with E-state index in [9.17, 15) is 14.4 Å². The number of nitrogens with one attached hydrogen (secondary N) is 2. The Balaban J connectivity index is 2.10. The fraction of sp³-hybridized carbons (Fsp3) is 0.286. The largest absolute Gasteiger partial charge is 0.347 e. The molecule has 1 amide bonds. The maximum Gasteiger partial charge on any atom is 0.250 e. The minimum absolute atomic E-state index is 0.0944. The monoisotopic (exact) mass is 362 g/mol. The van der Waals surface area contributed by atoms with E-state index >= 15 is 0 Å². The van der Waals surface area contributed by atoms with Gasteiger partial charge >= 0.3 is 0 Å². The average Bonchev–Trinajstić information content (AvgIpc) is 2.61. The van der Waals surface area contributed by atoms with Crippen LogP contribution in [0, 0.1) is 17.1 Å². The third kappa shape index (κ3) is 2.42. The molecular weight excluding hydrogens is 343 g/mol. The minimum atomic E-state index is -1.00. The van der Waals surface area contributed by atoms with Gasteiger partial charge in [-0.25, -0.2) is 9.37 Å². The first-order valence-corrected chi connectivity index (χ1v) is 8.75. The number of amides is 1. The fourth-order valence-corrected chi connectivity index (χ4v) is 4.22. The molecule has 0 saturated heterocycles. The molecule has 136 valence electrons. The van der Waals surface area contributed by atoms with E-state index in [1.807, 2.05) is 57.2 Å². The molecule has 2 N–H and O–H groups in total. The molecule has 1 atom stereocenters. The van der Waals surface area contributed by atoms with E-state index in [0.29, 0.717) is 23.4 Å². The van der Waals surface area contributed by atoms with Crippen molar-refractivity contribution in [3.63, 3.8) is 0 Å². The van der Waals surface area contributed by atoms with Crippen LogP contribution in [-0.4, -0.2) is 16.4 Å². The summed E-state index contributed by atoms with van der Waals surface area (Å²) in [5.41, 5.74) is 0.940. The van der Waals surface area contributed by atoms with Crippen molar-refractivity contribution in [2.75, 3.05) is 5.32 Å². The number of hydrogen-bond acceptors (Lipinski definition) is 4. The number of hydrogen-bond donors (Lipinski definition) is 2. The number of fused-ring (bicyclic) bond motifs is 1. The summed E-state index contributed by atoms with van der Waals surface area (Å²) in [6.07, 6.45) is 1.63. The number of carbonyl (C=O) groups excluding carboxylic acids is 1. The van der Waals surface area contributed by atoms with Crippen LogP contribution in [0.3, 0.4) is 0 Å². The molecule has 0 radical (unpaired) electrons. The highest BCUT2D eigenvalue weighted by Crippen LogP contribution is 2.50. The lowest BCUT2D eigenvalue weighted by Crippen LogP contribution is -2.54. The first-order chi connectivity index (χ1) is 12.8. The molecule has 0 saturated carbocycles. The van der Waals surface area contributed by atoms with Gasteiger partial charge in [-0.2, -0.15) is 5.26 Å². The average molecular weight is 362 g/mol. The SMILES string of the molecule is CC1(C)CC2=C(C(=O)N1)[C@](C)(c1ccccc1)c1c(ncc(F)c1C#N)N2. The Hall–Kier alpha value is -3.20. The number of nitrogens with zero attached hydrogens (tertiary/aromatic N) is 2. The van der Waals surface area contributed by atoms with Gasteiger partial charge in [0.1, 0.15) is 11.9 Å². The van der Waals surface area contributed by atoms with Gasteiger partial charge in [-0.3, -0.25) is 4.79 Å². The number of benzene rings is 1. The zero-order chi connectivity index (χ0) is 19.4. The summed E-state index contributed by atoms with van der Waals surface area (Å²) in [6, 6.07) is 11.4. The molecule has 0 aliphatic carbocycles. The minimum Gasteiger partial charge on any atom is -0.347 e. The second-order valence-electron chi connectivity index (χ2n) is 7.80. The standard InChI is InChI=1S/C21H19FN4O/c1-20(2)9-15-17(19(27)26-20)21(3,12-7-5-4-6-8-12)16-13(10-23)14(22)11-24-18(16)25-15/h4-8,11H,9H2,1-3H3,(H,24,25)(H,26,27)/t21-/m1/s1. The van der Waals surface area contributed by atoms with Crippen LogP contribution in [0.4, 0.5) is 10.2 Å². The fourth-order valence-electron chi connectivity index (χ4n) is 4.22. The Kier molecular flexibility index (Phi) is 3.60. The van der Waals surface area contributed by atoms with E-state index in [1.165, 1.54) is 0 Å². The van der Waals surface area contributed by atoms with Crippen molar-refractivity contribution in [3.8, 4) is 6.07 Å². The van der Waals surface area contributed by atoms with Gasteiger partial charge in [0.15, 0.2) is 5.82 Å². The summed E-state index contributed by atoms with van der Waals surface area (Å²) in [6.45, 7) is 5.76. The van der Waals surface area contributed by atoms with Crippen LogP contribution in [0.15, 0.2) is 47.8 Å². The molecule has 0 fully saturated rings. The van der Waals surface area contributed by atoms with Crippen molar-refractivity contribution in [1.29, 1.82) is 5.26 Å². The third-order valence-electron chi connectivity index (χ3n) is 5.36. The number of anilines is 1. The van der Waals surface area contributed by atoms with Crippen LogP contribution in [0.5, 0.6) is 0 Å². The first kappa shape index (κ1) is 17.2.